The van der Waals surface area contributed by atoms with E-state index in [0.717, 1.165) is 6.07 Å². The van der Waals surface area contributed by atoms with Crippen molar-refractivity contribution in [3.63, 3.8) is 0 Å². The summed E-state index contributed by atoms with van der Waals surface area (Å²) in [7, 11) is -4.02. The van der Waals surface area contributed by atoms with Gasteiger partial charge in [0.15, 0.2) is 0 Å². The number of benzene rings is 1. The van der Waals surface area contributed by atoms with Crippen LogP contribution in [0.1, 0.15) is 15.9 Å². The van der Waals surface area contributed by atoms with E-state index < -0.39 is 27.9 Å². The van der Waals surface area contributed by atoms with Crippen LogP contribution < -0.4 is 10.2 Å². The van der Waals surface area contributed by atoms with Gasteiger partial charge < -0.3 is 5.11 Å². The lowest BCUT2D eigenvalue weighted by Gasteiger charge is -2.12. The number of carboxylic acids is 1. The Bertz CT molecular complexity index is 669. The van der Waals surface area contributed by atoms with Crippen LogP contribution in [0.15, 0.2) is 23.1 Å². The lowest BCUT2D eigenvalue weighted by Crippen LogP contribution is -2.41. The van der Waals surface area contributed by atoms with Gasteiger partial charge in [-0.05, 0) is 24.6 Å². The lowest BCUT2D eigenvalue weighted by molar-refractivity contribution is -0.124. The molecule has 0 saturated carbocycles. The number of rotatable bonds is 4. The number of carbonyl (C=O) groups is 2. The number of amides is 1. The molecule has 1 fully saturated rings. The molecule has 20 heavy (non-hydrogen) atoms. The van der Waals surface area contributed by atoms with E-state index in [1.165, 1.54) is 19.1 Å². The maximum Gasteiger partial charge on any atom is 0.335 e. The smallest absolute Gasteiger partial charge is 0.335 e. The molecule has 2 rings (SSSR count). The summed E-state index contributed by atoms with van der Waals surface area (Å²) in [5, 5.41) is 8.89. The van der Waals surface area contributed by atoms with Crippen molar-refractivity contribution in [2.75, 3.05) is 6.61 Å². The van der Waals surface area contributed by atoms with Crippen molar-refractivity contribution in [3.8, 4) is 0 Å². The Morgan fingerprint density at radius 3 is 2.75 bits per heavy atom. The fourth-order valence-corrected chi connectivity index (χ4v) is 3.15. The van der Waals surface area contributed by atoms with E-state index in [4.69, 9.17) is 5.11 Å². The maximum atomic E-state index is 12.2. The quantitative estimate of drug-likeness (QED) is 0.682. The van der Waals surface area contributed by atoms with E-state index >= 15 is 0 Å². The van der Waals surface area contributed by atoms with E-state index in [-0.39, 0.29) is 17.1 Å². The predicted octanol–water partition coefficient (Wildman–Crippen LogP) is -0.598. The fourth-order valence-electron chi connectivity index (χ4n) is 1.70. The molecule has 0 radical (unpaired) electrons. The monoisotopic (exact) mass is 300 g/mol. The van der Waals surface area contributed by atoms with Crippen molar-refractivity contribution in [2.45, 2.75) is 17.9 Å². The summed E-state index contributed by atoms with van der Waals surface area (Å²) in [6.07, 6.45) is 0. The van der Waals surface area contributed by atoms with Gasteiger partial charge >= 0.3 is 5.97 Å². The molecule has 1 atom stereocenters. The molecule has 9 heteroatoms. The Balaban J connectivity index is 2.36. The van der Waals surface area contributed by atoms with Crippen molar-refractivity contribution in [1.29, 1.82) is 0 Å². The van der Waals surface area contributed by atoms with Gasteiger partial charge in [-0.1, -0.05) is 6.07 Å². The molecule has 0 aromatic heterocycles. The van der Waals surface area contributed by atoms with Crippen molar-refractivity contribution in [3.05, 3.63) is 29.3 Å². The third-order valence-corrected chi connectivity index (χ3v) is 4.37. The Hall–Kier alpha value is -1.97. The molecule has 8 nitrogen and oxygen atoms in total. The largest absolute Gasteiger partial charge is 0.478 e. The minimum absolute atomic E-state index is 0.129. The minimum atomic E-state index is -4.02. The normalized spacial score (nSPS) is 18.9. The van der Waals surface area contributed by atoms with Crippen LogP contribution in [-0.2, 0) is 19.7 Å². The summed E-state index contributed by atoms with van der Waals surface area (Å²) in [5.41, 5.74) is 2.25. The maximum absolute atomic E-state index is 12.2. The highest BCUT2D eigenvalue weighted by atomic mass is 32.2. The number of hydroxylamine groups is 1. The standard InChI is InChI=1S/C11H12N2O6S/c1-6-2-3-7(11(15)16)4-9(6)20(17,18)13-8-5-19-12-10(8)14/h2-4,8,13H,5H2,1H3,(H,12,14)(H,15,16)/t8-/m1/s1. The number of aromatic carboxylic acids is 1. The molecule has 0 unspecified atom stereocenters. The third-order valence-electron chi connectivity index (χ3n) is 2.76. The lowest BCUT2D eigenvalue weighted by atomic mass is 10.1. The number of hydrogen-bond donors (Lipinski definition) is 3. The highest BCUT2D eigenvalue weighted by Crippen LogP contribution is 2.18. The first-order valence-corrected chi connectivity index (χ1v) is 7.07. The minimum Gasteiger partial charge on any atom is -0.478 e. The van der Waals surface area contributed by atoms with Crippen LogP contribution in [0.3, 0.4) is 0 Å². The Kier molecular flexibility index (Phi) is 3.75. The molecular weight excluding hydrogens is 288 g/mol. The molecule has 1 amide bonds. The zero-order valence-corrected chi connectivity index (χ0v) is 11.2. The fraction of sp³-hybridized carbons (Fsp3) is 0.273. The van der Waals surface area contributed by atoms with Gasteiger partial charge in [-0.25, -0.2) is 18.7 Å². The highest BCUT2D eigenvalue weighted by molar-refractivity contribution is 7.89. The summed E-state index contributed by atoms with van der Waals surface area (Å²) in [6, 6.07) is 2.71. The molecule has 108 valence electrons. The van der Waals surface area contributed by atoms with Crippen LogP contribution in [0.4, 0.5) is 0 Å². The molecule has 1 saturated heterocycles. The number of aryl methyl sites for hydroxylation is 1. The van der Waals surface area contributed by atoms with Gasteiger partial charge in [0.1, 0.15) is 12.6 Å². The van der Waals surface area contributed by atoms with E-state index in [0.29, 0.717) is 5.56 Å². The predicted molar refractivity (Wildman–Crippen MR) is 66.3 cm³/mol. The number of carbonyl (C=O) groups excluding carboxylic acids is 1. The average Bonchev–Trinajstić information content (AvgIpc) is 2.74. The molecular formula is C11H12N2O6S. The van der Waals surface area contributed by atoms with Gasteiger partial charge in [-0.15, -0.1) is 0 Å². The zero-order valence-electron chi connectivity index (χ0n) is 10.4. The Morgan fingerprint density at radius 1 is 1.50 bits per heavy atom. The van der Waals surface area contributed by atoms with E-state index in [1.54, 1.807) is 0 Å². The van der Waals surface area contributed by atoms with Crippen molar-refractivity contribution in [2.24, 2.45) is 0 Å². The summed E-state index contributed by atoms with van der Waals surface area (Å²) in [4.78, 5) is 26.6. The van der Waals surface area contributed by atoms with Gasteiger partial charge in [0, 0.05) is 0 Å². The van der Waals surface area contributed by atoms with Gasteiger partial charge in [-0.2, -0.15) is 4.72 Å². The van der Waals surface area contributed by atoms with Crippen LogP contribution in [0.5, 0.6) is 0 Å². The molecule has 1 aliphatic rings. The van der Waals surface area contributed by atoms with Crippen molar-refractivity contribution < 1.29 is 28.0 Å². The summed E-state index contributed by atoms with van der Waals surface area (Å²) in [5.74, 6) is -1.83. The topological polar surface area (TPSA) is 122 Å². The van der Waals surface area contributed by atoms with Crippen LogP contribution in [-0.4, -0.2) is 38.0 Å². The van der Waals surface area contributed by atoms with Crippen molar-refractivity contribution in [1.82, 2.24) is 10.2 Å². The first-order chi connectivity index (χ1) is 9.31. The van der Waals surface area contributed by atoms with Crippen LogP contribution in [0.25, 0.3) is 0 Å². The van der Waals surface area contributed by atoms with Crippen LogP contribution >= 0.6 is 0 Å². The molecule has 1 aliphatic heterocycles. The van der Waals surface area contributed by atoms with Gasteiger partial charge in [0.05, 0.1) is 10.5 Å². The molecule has 0 aliphatic carbocycles. The van der Waals surface area contributed by atoms with Crippen LogP contribution in [0, 0.1) is 6.92 Å². The molecule has 1 aromatic carbocycles. The van der Waals surface area contributed by atoms with E-state index in [2.05, 4.69) is 9.56 Å². The molecule has 3 N–H and O–H groups in total. The second kappa shape index (κ2) is 5.19. The van der Waals surface area contributed by atoms with Crippen LogP contribution in [0.2, 0.25) is 0 Å². The summed E-state index contributed by atoms with van der Waals surface area (Å²) in [6.45, 7) is 1.40. The average molecular weight is 300 g/mol. The second-order valence-corrected chi connectivity index (χ2v) is 5.92. The summed E-state index contributed by atoms with van der Waals surface area (Å²) >= 11 is 0. The van der Waals surface area contributed by atoms with Gasteiger partial charge in [-0.3, -0.25) is 9.63 Å². The third kappa shape index (κ3) is 2.79. The Morgan fingerprint density at radius 2 is 2.20 bits per heavy atom. The molecule has 1 aromatic rings. The SMILES string of the molecule is Cc1ccc(C(=O)O)cc1S(=O)(=O)N[C@@H]1CONC1=O. The Labute approximate surface area is 114 Å². The highest BCUT2D eigenvalue weighted by Gasteiger charge is 2.31. The van der Waals surface area contributed by atoms with Crippen molar-refractivity contribution >= 4 is 21.9 Å². The van der Waals surface area contributed by atoms with Gasteiger partial charge in [0.25, 0.3) is 5.91 Å². The molecule has 0 spiro atoms. The molecule has 1 heterocycles. The zero-order chi connectivity index (χ0) is 14.9. The summed E-state index contributed by atoms with van der Waals surface area (Å²) < 4.78 is 26.6. The first-order valence-electron chi connectivity index (χ1n) is 5.59. The first kappa shape index (κ1) is 14.4. The number of nitrogens with one attached hydrogen (secondary N) is 2. The number of hydrogen-bond acceptors (Lipinski definition) is 5. The number of carboxylic acid groups (broad SMARTS) is 1. The van der Waals surface area contributed by atoms with Gasteiger partial charge in [0.2, 0.25) is 10.0 Å². The van der Waals surface area contributed by atoms with E-state index in [1.807, 2.05) is 5.48 Å². The second-order valence-electron chi connectivity index (χ2n) is 4.24. The van der Waals surface area contributed by atoms with E-state index in [9.17, 15) is 18.0 Å². The number of sulfonamides is 1. The molecule has 0 bridgehead atoms.